The summed E-state index contributed by atoms with van der Waals surface area (Å²) in [4.78, 5) is 8.87. The fourth-order valence-corrected chi connectivity index (χ4v) is 1.91. The van der Waals surface area contributed by atoms with Crippen LogP contribution in [0.1, 0.15) is 11.1 Å². The highest BCUT2D eigenvalue weighted by Crippen LogP contribution is 2.46. The summed E-state index contributed by atoms with van der Waals surface area (Å²) in [6.45, 7) is 0.0960. The Labute approximate surface area is 82.0 Å². The topological polar surface area (TPSA) is 49.3 Å². The normalized spacial score (nSPS) is 15.1. The molecule has 0 spiro atoms. The summed E-state index contributed by atoms with van der Waals surface area (Å²) in [6.07, 6.45) is 0. The average molecular weight is 220 g/mol. The summed E-state index contributed by atoms with van der Waals surface area (Å²) < 4.78 is 10.8. The van der Waals surface area contributed by atoms with Crippen LogP contribution in [0.3, 0.4) is 0 Å². The van der Waals surface area contributed by atoms with Crippen molar-refractivity contribution in [3.05, 3.63) is 29.3 Å². The maximum Gasteiger partial charge on any atom is 0.382 e. The predicted octanol–water partition coefficient (Wildman–Crippen LogP) is 3.05. The lowest BCUT2D eigenvalue weighted by Gasteiger charge is -2.10. The molecule has 0 amide bonds. The van der Waals surface area contributed by atoms with Gasteiger partial charge >= 0.3 is 6.87 Å². The van der Waals surface area contributed by atoms with Gasteiger partial charge in [0.2, 0.25) is 0 Å². The van der Waals surface area contributed by atoms with Crippen LogP contribution in [0.5, 0.6) is 0 Å². The van der Waals surface area contributed by atoms with Crippen molar-refractivity contribution in [1.29, 1.82) is 0 Å². The van der Waals surface area contributed by atoms with Gasteiger partial charge in [-0.1, -0.05) is 17.7 Å². The Morgan fingerprint density at radius 3 is 2.54 bits per heavy atom. The highest BCUT2D eigenvalue weighted by molar-refractivity contribution is 7.85. The first-order valence-electron chi connectivity index (χ1n) is 3.76. The third kappa shape index (κ3) is 3.39. The van der Waals surface area contributed by atoms with Crippen LogP contribution in [0.2, 0.25) is 0 Å². The summed E-state index contributed by atoms with van der Waals surface area (Å²) in [5, 5.41) is 2.35. The number of benzene rings is 1. The second-order valence-corrected chi connectivity index (χ2v) is 5.53. The zero-order valence-electron chi connectivity index (χ0n) is 7.41. The van der Waals surface area contributed by atoms with E-state index in [1.807, 2.05) is 26.0 Å². The van der Waals surface area contributed by atoms with Gasteiger partial charge in [0, 0.05) is 5.69 Å². The molecule has 2 N–H and O–H groups in total. The molecule has 72 valence electrons. The SMILES string of the molecule is Cc1ccc(NP(=O)(O)Cl)c(C)c1. The van der Waals surface area contributed by atoms with Gasteiger partial charge in [-0.3, -0.25) is 0 Å². The van der Waals surface area contributed by atoms with Crippen LogP contribution in [0.4, 0.5) is 5.69 Å². The molecular formula is C8H11ClNO2P. The van der Waals surface area contributed by atoms with Crippen LogP contribution in [-0.2, 0) is 4.57 Å². The van der Waals surface area contributed by atoms with Crippen LogP contribution >= 0.6 is 18.1 Å². The molecule has 5 heteroatoms. The van der Waals surface area contributed by atoms with E-state index in [0.717, 1.165) is 11.1 Å². The Hall–Kier alpha value is -0.500. The lowest BCUT2D eigenvalue weighted by Crippen LogP contribution is -1.93. The lowest BCUT2D eigenvalue weighted by molar-refractivity contribution is 0.501. The predicted molar refractivity (Wildman–Crippen MR) is 55.2 cm³/mol. The molecule has 13 heavy (non-hydrogen) atoms. The minimum atomic E-state index is -3.71. The van der Waals surface area contributed by atoms with E-state index in [1.165, 1.54) is 0 Å². The van der Waals surface area contributed by atoms with Crippen LogP contribution in [0.25, 0.3) is 0 Å². The van der Waals surface area contributed by atoms with Gasteiger partial charge < -0.3 is 9.98 Å². The second kappa shape index (κ2) is 3.70. The lowest BCUT2D eigenvalue weighted by atomic mass is 10.1. The number of nitrogens with one attached hydrogen (secondary N) is 1. The largest absolute Gasteiger partial charge is 0.382 e. The molecule has 0 aliphatic heterocycles. The van der Waals surface area contributed by atoms with Crippen LogP contribution in [0, 0.1) is 13.8 Å². The molecule has 1 aromatic rings. The first-order chi connectivity index (χ1) is 5.88. The minimum Gasteiger partial charge on any atom is -0.318 e. The van der Waals surface area contributed by atoms with Gasteiger partial charge in [0.1, 0.15) is 0 Å². The summed E-state index contributed by atoms with van der Waals surface area (Å²) in [6, 6.07) is 5.49. The van der Waals surface area contributed by atoms with E-state index in [1.54, 1.807) is 6.07 Å². The molecule has 1 atom stereocenters. The van der Waals surface area contributed by atoms with E-state index in [0.29, 0.717) is 5.69 Å². The molecule has 0 heterocycles. The maximum absolute atomic E-state index is 10.8. The van der Waals surface area contributed by atoms with Crippen molar-refractivity contribution in [3.8, 4) is 0 Å². The average Bonchev–Trinajstić information content (AvgIpc) is 1.93. The van der Waals surface area contributed by atoms with E-state index in [9.17, 15) is 4.57 Å². The summed E-state index contributed by atoms with van der Waals surface area (Å²) in [5.74, 6) is 0. The highest BCUT2D eigenvalue weighted by Gasteiger charge is 2.13. The van der Waals surface area contributed by atoms with Crippen LogP contribution < -0.4 is 5.09 Å². The maximum atomic E-state index is 10.8. The molecule has 0 aliphatic rings. The van der Waals surface area contributed by atoms with Gasteiger partial charge in [-0.25, -0.2) is 4.57 Å². The molecule has 1 unspecified atom stereocenters. The van der Waals surface area contributed by atoms with Crippen LogP contribution in [-0.4, -0.2) is 4.89 Å². The quantitative estimate of drug-likeness (QED) is 0.752. The Balaban J connectivity index is 2.97. The van der Waals surface area contributed by atoms with E-state index >= 15 is 0 Å². The molecule has 1 aromatic carbocycles. The summed E-state index contributed by atoms with van der Waals surface area (Å²) in [7, 11) is 0. The molecule has 0 saturated carbocycles. The Morgan fingerprint density at radius 2 is 2.08 bits per heavy atom. The second-order valence-electron chi connectivity index (χ2n) is 2.93. The molecular weight excluding hydrogens is 209 g/mol. The number of halogens is 1. The first kappa shape index (κ1) is 10.6. The zero-order valence-corrected chi connectivity index (χ0v) is 9.06. The van der Waals surface area contributed by atoms with Gasteiger partial charge in [-0.2, -0.15) is 0 Å². The molecule has 0 fully saturated rings. The molecule has 0 aliphatic carbocycles. The van der Waals surface area contributed by atoms with Crippen molar-refractivity contribution in [2.24, 2.45) is 0 Å². The molecule has 0 radical (unpaired) electrons. The standard InChI is InChI=1S/C8H11ClNO2P/c1-6-3-4-8(7(2)5-6)10-13(9,11)12/h3-5H,1-2H3,(H2,10,11,12). The third-order valence-corrected chi connectivity index (χ3v) is 2.41. The number of hydrogen-bond donors (Lipinski definition) is 2. The number of hydrogen-bond acceptors (Lipinski definition) is 1. The van der Waals surface area contributed by atoms with Gasteiger partial charge in [0.25, 0.3) is 0 Å². The number of rotatable bonds is 2. The van der Waals surface area contributed by atoms with Gasteiger partial charge in [-0.05, 0) is 36.7 Å². The Kier molecular flexibility index (Phi) is 3.01. The fraction of sp³-hybridized carbons (Fsp3) is 0.250. The minimum absolute atomic E-state index is 0.589. The highest BCUT2D eigenvalue weighted by atomic mass is 35.7. The third-order valence-electron chi connectivity index (χ3n) is 1.64. The molecule has 3 nitrogen and oxygen atoms in total. The zero-order chi connectivity index (χ0) is 10.1. The van der Waals surface area contributed by atoms with Crippen molar-refractivity contribution in [2.75, 3.05) is 5.09 Å². The van der Waals surface area contributed by atoms with Gasteiger partial charge in [0.15, 0.2) is 0 Å². The molecule has 0 aromatic heterocycles. The number of aryl methyl sites for hydroxylation is 2. The molecule has 1 rings (SSSR count). The smallest absolute Gasteiger partial charge is 0.318 e. The van der Waals surface area contributed by atoms with E-state index in [-0.39, 0.29) is 0 Å². The summed E-state index contributed by atoms with van der Waals surface area (Å²) in [5.41, 5.74) is 2.59. The fourth-order valence-electron chi connectivity index (χ4n) is 1.09. The van der Waals surface area contributed by atoms with Gasteiger partial charge in [-0.15, -0.1) is 0 Å². The Bertz CT molecular complexity index is 361. The van der Waals surface area contributed by atoms with Crippen molar-refractivity contribution < 1.29 is 9.46 Å². The van der Waals surface area contributed by atoms with Crippen molar-refractivity contribution in [3.63, 3.8) is 0 Å². The summed E-state index contributed by atoms with van der Waals surface area (Å²) >= 11 is 5.18. The van der Waals surface area contributed by atoms with Crippen molar-refractivity contribution in [1.82, 2.24) is 0 Å². The first-order valence-corrected chi connectivity index (χ1v) is 6.33. The Morgan fingerprint density at radius 1 is 1.46 bits per heavy atom. The van der Waals surface area contributed by atoms with E-state index < -0.39 is 6.87 Å². The monoisotopic (exact) mass is 219 g/mol. The molecule has 0 saturated heterocycles. The number of anilines is 1. The van der Waals surface area contributed by atoms with E-state index in [4.69, 9.17) is 16.1 Å². The van der Waals surface area contributed by atoms with Crippen molar-refractivity contribution >= 4 is 23.8 Å². The molecule has 0 bridgehead atoms. The van der Waals surface area contributed by atoms with Gasteiger partial charge in [0.05, 0.1) is 0 Å². The van der Waals surface area contributed by atoms with Crippen LogP contribution in [0.15, 0.2) is 18.2 Å². The van der Waals surface area contributed by atoms with Crippen molar-refractivity contribution in [2.45, 2.75) is 13.8 Å². The van der Waals surface area contributed by atoms with E-state index in [2.05, 4.69) is 5.09 Å².